The normalized spacial score (nSPS) is 11.5. The first-order valence-corrected chi connectivity index (χ1v) is 7.82. The average molecular weight is 361 g/mol. The van der Waals surface area contributed by atoms with Gasteiger partial charge >= 0.3 is 5.97 Å². The molecule has 0 radical (unpaired) electrons. The number of hydrogen-bond acceptors (Lipinski definition) is 4. The molecule has 2 aromatic carbocycles. The van der Waals surface area contributed by atoms with Crippen LogP contribution in [0.1, 0.15) is 22.8 Å². The van der Waals surface area contributed by atoms with Crippen LogP contribution in [0.25, 0.3) is 0 Å². The van der Waals surface area contributed by atoms with Crippen molar-refractivity contribution in [3.63, 3.8) is 0 Å². The zero-order valence-corrected chi connectivity index (χ0v) is 14.0. The van der Waals surface area contributed by atoms with Crippen LogP contribution in [0, 0.1) is 11.6 Å². The molecule has 0 aliphatic carbocycles. The highest BCUT2D eigenvalue weighted by Crippen LogP contribution is 2.09. The van der Waals surface area contributed by atoms with Gasteiger partial charge in [-0.3, -0.25) is 9.59 Å². The fourth-order valence-corrected chi connectivity index (χ4v) is 2.27. The Morgan fingerprint density at radius 3 is 2.23 bits per heavy atom. The number of esters is 1. The van der Waals surface area contributed by atoms with Crippen LogP contribution >= 0.6 is 0 Å². The minimum absolute atomic E-state index is 0.249. The fourth-order valence-electron chi connectivity index (χ4n) is 2.27. The van der Waals surface area contributed by atoms with Crippen LogP contribution in [-0.4, -0.2) is 30.3 Å². The summed E-state index contributed by atoms with van der Waals surface area (Å²) in [5.41, 5.74) is 0.517. The second kappa shape index (κ2) is 8.84. The Labute approximate surface area is 149 Å². The van der Waals surface area contributed by atoms with E-state index in [4.69, 9.17) is 4.74 Å². The number of hydrogen-bond donors (Lipinski definition) is 1. The molecule has 0 saturated heterocycles. The molecule has 136 valence electrons. The van der Waals surface area contributed by atoms with E-state index in [1.807, 2.05) is 30.3 Å². The highest BCUT2D eigenvalue weighted by Gasteiger charge is 2.19. The van der Waals surface area contributed by atoms with Gasteiger partial charge in [-0.25, -0.2) is 13.6 Å². The van der Waals surface area contributed by atoms with Gasteiger partial charge in [0.1, 0.15) is 11.6 Å². The number of carbonyl (C=O) groups is 3. The number of rotatable bonds is 7. The van der Waals surface area contributed by atoms with Gasteiger partial charge in [0, 0.05) is 6.07 Å². The molecule has 2 aromatic rings. The molecule has 26 heavy (non-hydrogen) atoms. The smallest absolute Gasteiger partial charge is 0.338 e. The Kier molecular flexibility index (Phi) is 6.54. The summed E-state index contributed by atoms with van der Waals surface area (Å²) < 4.78 is 30.9. The molecule has 0 aliphatic heterocycles. The maximum absolute atomic E-state index is 13.1. The van der Waals surface area contributed by atoms with E-state index in [9.17, 15) is 23.2 Å². The van der Waals surface area contributed by atoms with Gasteiger partial charge < -0.3 is 10.1 Å². The summed E-state index contributed by atoms with van der Waals surface area (Å²) in [5.74, 6) is -3.84. The lowest BCUT2D eigenvalue weighted by Crippen LogP contribution is -2.43. The zero-order valence-electron chi connectivity index (χ0n) is 14.0. The SMILES string of the molecule is CC(=O)[C@H](Cc1ccccc1)NC(=O)COC(=O)c1cc(F)cc(F)c1. The Hall–Kier alpha value is -3.09. The minimum Gasteiger partial charge on any atom is -0.452 e. The topological polar surface area (TPSA) is 72.5 Å². The number of benzene rings is 2. The van der Waals surface area contributed by atoms with E-state index in [1.165, 1.54) is 6.92 Å². The van der Waals surface area contributed by atoms with Crippen LogP contribution in [0.3, 0.4) is 0 Å². The lowest BCUT2D eigenvalue weighted by atomic mass is 10.0. The lowest BCUT2D eigenvalue weighted by Gasteiger charge is -2.16. The molecular weight excluding hydrogens is 344 g/mol. The molecule has 0 aliphatic rings. The Morgan fingerprint density at radius 1 is 1.04 bits per heavy atom. The third-order valence-electron chi connectivity index (χ3n) is 3.54. The van der Waals surface area contributed by atoms with Crippen LogP contribution in [0.15, 0.2) is 48.5 Å². The first-order chi connectivity index (χ1) is 12.3. The van der Waals surface area contributed by atoms with Crippen molar-refractivity contribution in [2.75, 3.05) is 6.61 Å². The van der Waals surface area contributed by atoms with E-state index in [2.05, 4.69) is 5.32 Å². The third-order valence-corrected chi connectivity index (χ3v) is 3.54. The van der Waals surface area contributed by atoms with E-state index in [0.29, 0.717) is 12.5 Å². The van der Waals surface area contributed by atoms with Crippen LogP contribution < -0.4 is 5.32 Å². The first-order valence-electron chi connectivity index (χ1n) is 7.82. The van der Waals surface area contributed by atoms with Gasteiger partial charge in [-0.1, -0.05) is 30.3 Å². The summed E-state index contributed by atoms with van der Waals surface area (Å²) in [6.45, 7) is 0.672. The second-order valence-corrected chi connectivity index (χ2v) is 5.65. The van der Waals surface area contributed by atoms with Gasteiger partial charge in [-0.15, -0.1) is 0 Å². The van der Waals surface area contributed by atoms with Crippen molar-refractivity contribution in [1.29, 1.82) is 0 Å². The van der Waals surface area contributed by atoms with Crippen LogP contribution in [0.5, 0.6) is 0 Å². The fraction of sp³-hybridized carbons (Fsp3) is 0.211. The number of ether oxygens (including phenoxy) is 1. The molecule has 1 amide bonds. The van der Waals surface area contributed by atoms with Crippen molar-refractivity contribution in [3.8, 4) is 0 Å². The van der Waals surface area contributed by atoms with Gasteiger partial charge in [0.05, 0.1) is 11.6 Å². The monoisotopic (exact) mass is 361 g/mol. The number of halogens is 2. The number of Topliss-reactive ketones (excluding diaryl/α,β-unsaturated/α-hetero) is 1. The second-order valence-electron chi connectivity index (χ2n) is 5.65. The Bertz CT molecular complexity index is 788. The first kappa shape index (κ1) is 19.2. The van der Waals surface area contributed by atoms with Crippen molar-refractivity contribution in [2.24, 2.45) is 0 Å². The van der Waals surface area contributed by atoms with Crippen molar-refractivity contribution in [3.05, 3.63) is 71.3 Å². The molecule has 0 heterocycles. The molecule has 0 aromatic heterocycles. The summed E-state index contributed by atoms with van der Waals surface area (Å²) in [7, 11) is 0. The van der Waals surface area contributed by atoms with E-state index < -0.39 is 36.2 Å². The van der Waals surface area contributed by atoms with Gasteiger partial charge in [-0.2, -0.15) is 0 Å². The number of ketones is 1. The maximum Gasteiger partial charge on any atom is 0.338 e. The van der Waals surface area contributed by atoms with Crippen molar-refractivity contribution >= 4 is 17.7 Å². The molecule has 0 saturated carbocycles. The molecule has 1 atom stereocenters. The summed E-state index contributed by atoms with van der Waals surface area (Å²) in [4.78, 5) is 35.4. The minimum atomic E-state index is -1.04. The predicted octanol–water partition coefficient (Wildman–Crippen LogP) is 2.44. The van der Waals surface area contributed by atoms with Crippen LogP contribution in [0.4, 0.5) is 8.78 Å². The summed E-state index contributed by atoms with van der Waals surface area (Å²) in [6.07, 6.45) is 0.297. The van der Waals surface area contributed by atoms with Gasteiger partial charge in [-0.05, 0) is 31.0 Å². The summed E-state index contributed by atoms with van der Waals surface area (Å²) in [6, 6.07) is 10.6. The van der Waals surface area contributed by atoms with Crippen LogP contribution in [-0.2, 0) is 20.7 Å². The third kappa shape index (κ3) is 5.77. The number of carbonyl (C=O) groups excluding carboxylic acids is 3. The maximum atomic E-state index is 13.1. The Morgan fingerprint density at radius 2 is 1.65 bits per heavy atom. The summed E-state index contributed by atoms with van der Waals surface area (Å²) >= 11 is 0. The molecular formula is C19H17F2NO4. The average Bonchev–Trinajstić information content (AvgIpc) is 2.59. The zero-order chi connectivity index (χ0) is 19.1. The van der Waals surface area contributed by atoms with Gasteiger partial charge in [0.2, 0.25) is 0 Å². The van der Waals surface area contributed by atoms with E-state index in [-0.39, 0.29) is 11.3 Å². The van der Waals surface area contributed by atoms with Gasteiger partial charge in [0.25, 0.3) is 5.91 Å². The van der Waals surface area contributed by atoms with Crippen molar-refractivity contribution < 1.29 is 27.9 Å². The molecule has 0 fully saturated rings. The molecule has 5 nitrogen and oxygen atoms in total. The highest BCUT2D eigenvalue weighted by atomic mass is 19.1. The number of nitrogens with one attached hydrogen (secondary N) is 1. The van der Waals surface area contributed by atoms with Crippen molar-refractivity contribution in [2.45, 2.75) is 19.4 Å². The van der Waals surface area contributed by atoms with Gasteiger partial charge in [0.15, 0.2) is 12.4 Å². The quantitative estimate of drug-likeness (QED) is 0.769. The molecule has 0 spiro atoms. The van der Waals surface area contributed by atoms with E-state index in [1.54, 1.807) is 0 Å². The molecule has 7 heteroatoms. The Balaban J connectivity index is 1.91. The predicted molar refractivity (Wildman–Crippen MR) is 89.4 cm³/mol. The number of amides is 1. The molecule has 1 N–H and O–H groups in total. The largest absolute Gasteiger partial charge is 0.452 e. The van der Waals surface area contributed by atoms with Crippen molar-refractivity contribution in [1.82, 2.24) is 5.32 Å². The molecule has 0 bridgehead atoms. The van der Waals surface area contributed by atoms with E-state index >= 15 is 0 Å². The standard InChI is InChI=1S/C19H17F2NO4/c1-12(23)17(7-13-5-3-2-4-6-13)22-18(24)11-26-19(25)14-8-15(20)10-16(21)9-14/h2-6,8-10,17H,7,11H2,1H3,(H,22,24)/t17-/m0/s1. The molecule has 0 unspecified atom stereocenters. The molecule has 2 rings (SSSR count). The van der Waals surface area contributed by atoms with Crippen LogP contribution in [0.2, 0.25) is 0 Å². The highest BCUT2D eigenvalue weighted by molar-refractivity contribution is 5.92. The summed E-state index contributed by atoms with van der Waals surface area (Å²) in [5, 5.41) is 2.48. The van der Waals surface area contributed by atoms with E-state index in [0.717, 1.165) is 17.7 Å². The lowest BCUT2D eigenvalue weighted by molar-refractivity contribution is -0.128.